The number of carbonyl (C=O) groups is 1. The molecule has 5 nitrogen and oxygen atoms in total. The maximum Gasteiger partial charge on any atom is 0.240 e. The third kappa shape index (κ3) is 3.95. The minimum absolute atomic E-state index is 0.0288. The number of carbonyl (C=O) groups excluding carboxylic acids is 1. The molecule has 0 aromatic heterocycles. The standard InChI is InChI=1S/C12H24N2O3S/c1-4-10-6-5-9(2)14(10)12(15)11(13)7-8-18(3,16)17/h9-11H,4-8,13H2,1-3H3. The Kier molecular flexibility index (Phi) is 5.16. The third-order valence-corrected chi connectivity index (χ3v) is 4.61. The van der Waals surface area contributed by atoms with Gasteiger partial charge in [-0.05, 0) is 32.6 Å². The number of hydrogen-bond donors (Lipinski definition) is 1. The lowest BCUT2D eigenvalue weighted by atomic mass is 10.1. The van der Waals surface area contributed by atoms with Gasteiger partial charge in [-0.3, -0.25) is 4.79 Å². The lowest BCUT2D eigenvalue weighted by Crippen LogP contribution is -2.49. The van der Waals surface area contributed by atoms with Gasteiger partial charge in [0.2, 0.25) is 5.91 Å². The molecule has 0 spiro atoms. The quantitative estimate of drug-likeness (QED) is 0.794. The normalized spacial score (nSPS) is 26.3. The summed E-state index contributed by atoms with van der Waals surface area (Å²) in [5.74, 6) is -0.130. The summed E-state index contributed by atoms with van der Waals surface area (Å²) in [4.78, 5) is 14.1. The highest BCUT2D eigenvalue weighted by Crippen LogP contribution is 2.26. The first-order valence-corrected chi connectivity index (χ1v) is 8.57. The maximum absolute atomic E-state index is 12.2. The van der Waals surface area contributed by atoms with Crippen LogP contribution in [-0.2, 0) is 14.6 Å². The molecule has 1 saturated heterocycles. The number of nitrogens with zero attached hydrogens (tertiary/aromatic N) is 1. The van der Waals surface area contributed by atoms with Crippen molar-refractivity contribution in [2.75, 3.05) is 12.0 Å². The van der Waals surface area contributed by atoms with E-state index in [-0.39, 0.29) is 30.2 Å². The summed E-state index contributed by atoms with van der Waals surface area (Å²) in [7, 11) is -3.06. The second-order valence-corrected chi connectivity index (χ2v) is 7.52. The smallest absolute Gasteiger partial charge is 0.240 e. The molecule has 106 valence electrons. The minimum atomic E-state index is -3.06. The summed E-state index contributed by atoms with van der Waals surface area (Å²) in [5, 5.41) is 0. The highest BCUT2D eigenvalue weighted by Gasteiger charge is 2.35. The van der Waals surface area contributed by atoms with E-state index in [1.807, 2.05) is 11.8 Å². The molecule has 1 aliphatic rings. The number of sulfone groups is 1. The van der Waals surface area contributed by atoms with Gasteiger partial charge in [0.25, 0.3) is 0 Å². The second kappa shape index (κ2) is 6.02. The number of nitrogens with two attached hydrogens (primary N) is 1. The Morgan fingerprint density at radius 2 is 2.06 bits per heavy atom. The summed E-state index contributed by atoms with van der Waals surface area (Å²) in [6, 6.07) is -0.224. The van der Waals surface area contributed by atoms with Crippen LogP contribution in [0.5, 0.6) is 0 Å². The Balaban J connectivity index is 2.62. The Morgan fingerprint density at radius 3 is 2.56 bits per heavy atom. The average Bonchev–Trinajstić information content (AvgIpc) is 2.65. The van der Waals surface area contributed by atoms with E-state index in [0.29, 0.717) is 0 Å². The van der Waals surface area contributed by atoms with Crippen molar-refractivity contribution >= 4 is 15.7 Å². The summed E-state index contributed by atoms with van der Waals surface area (Å²) in [5.41, 5.74) is 5.83. The van der Waals surface area contributed by atoms with Crippen LogP contribution >= 0.6 is 0 Å². The molecule has 1 fully saturated rings. The van der Waals surface area contributed by atoms with Gasteiger partial charge in [0.1, 0.15) is 9.84 Å². The molecule has 0 aliphatic carbocycles. The molecule has 3 unspecified atom stereocenters. The van der Waals surface area contributed by atoms with Crippen LogP contribution in [0, 0.1) is 0 Å². The number of amides is 1. The van der Waals surface area contributed by atoms with Crippen molar-refractivity contribution in [3.05, 3.63) is 0 Å². The van der Waals surface area contributed by atoms with E-state index >= 15 is 0 Å². The van der Waals surface area contributed by atoms with Crippen LogP contribution in [0.1, 0.15) is 39.5 Å². The van der Waals surface area contributed by atoms with E-state index in [1.54, 1.807) is 0 Å². The predicted molar refractivity (Wildman–Crippen MR) is 71.9 cm³/mol. The molecular formula is C12H24N2O3S. The zero-order chi connectivity index (χ0) is 13.9. The Morgan fingerprint density at radius 1 is 1.44 bits per heavy atom. The second-order valence-electron chi connectivity index (χ2n) is 5.26. The van der Waals surface area contributed by atoms with Gasteiger partial charge in [-0.2, -0.15) is 0 Å². The molecule has 0 aromatic carbocycles. The molecule has 1 rings (SSSR count). The monoisotopic (exact) mass is 276 g/mol. The molecule has 0 radical (unpaired) electrons. The number of likely N-dealkylation sites (tertiary alicyclic amines) is 1. The van der Waals surface area contributed by atoms with Crippen molar-refractivity contribution in [2.24, 2.45) is 5.73 Å². The van der Waals surface area contributed by atoms with E-state index in [4.69, 9.17) is 5.73 Å². The first-order chi connectivity index (χ1) is 8.26. The zero-order valence-corrected chi connectivity index (χ0v) is 12.2. The van der Waals surface area contributed by atoms with Gasteiger partial charge in [0, 0.05) is 18.3 Å². The fraction of sp³-hybridized carbons (Fsp3) is 0.917. The first-order valence-electron chi connectivity index (χ1n) is 6.51. The van der Waals surface area contributed by atoms with E-state index in [2.05, 4.69) is 6.92 Å². The van der Waals surface area contributed by atoms with Gasteiger partial charge in [-0.15, -0.1) is 0 Å². The molecule has 1 heterocycles. The fourth-order valence-electron chi connectivity index (χ4n) is 2.53. The van der Waals surface area contributed by atoms with Gasteiger partial charge in [-0.25, -0.2) is 8.42 Å². The lowest BCUT2D eigenvalue weighted by molar-refractivity contribution is -0.135. The lowest BCUT2D eigenvalue weighted by Gasteiger charge is -2.30. The Labute approximate surface area is 110 Å². The SMILES string of the molecule is CCC1CCC(C)N1C(=O)C(N)CCS(C)(=O)=O. The van der Waals surface area contributed by atoms with Crippen molar-refractivity contribution in [1.29, 1.82) is 0 Å². The minimum Gasteiger partial charge on any atom is -0.336 e. The predicted octanol–water partition coefficient (Wildman–Crippen LogP) is 0.538. The van der Waals surface area contributed by atoms with Gasteiger partial charge in [-0.1, -0.05) is 6.92 Å². The van der Waals surface area contributed by atoms with Crippen LogP contribution in [-0.4, -0.2) is 49.4 Å². The fourth-order valence-corrected chi connectivity index (χ4v) is 3.21. The van der Waals surface area contributed by atoms with Gasteiger partial charge in [0.15, 0.2) is 0 Å². The van der Waals surface area contributed by atoms with Crippen molar-refractivity contribution in [3.63, 3.8) is 0 Å². The molecule has 1 aliphatic heterocycles. The zero-order valence-electron chi connectivity index (χ0n) is 11.4. The van der Waals surface area contributed by atoms with E-state index in [0.717, 1.165) is 25.5 Å². The highest BCUT2D eigenvalue weighted by atomic mass is 32.2. The van der Waals surface area contributed by atoms with Crippen LogP contribution in [0.25, 0.3) is 0 Å². The molecule has 2 N–H and O–H groups in total. The average molecular weight is 276 g/mol. The van der Waals surface area contributed by atoms with Gasteiger partial charge in [0.05, 0.1) is 11.8 Å². The van der Waals surface area contributed by atoms with Crippen LogP contribution in [0.3, 0.4) is 0 Å². The van der Waals surface area contributed by atoms with E-state index in [1.165, 1.54) is 0 Å². The van der Waals surface area contributed by atoms with Gasteiger partial charge >= 0.3 is 0 Å². The number of hydrogen-bond acceptors (Lipinski definition) is 4. The molecule has 0 bridgehead atoms. The highest BCUT2D eigenvalue weighted by molar-refractivity contribution is 7.90. The maximum atomic E-state index is 12.2. The summed E-state index contributed by atoms with van der Waals surface area (Å²) in [6.07, 6.45) is 4.31. The molecule has 1 amide bonds. The summed E-state index contributed by atoms with van der Waals surface area (Å²) in [6.45, 7) is 4.09. The van der Waals surface area contributed by atoms with Crippen molar-refractivity contribution in [1.82, 2.24) is 4.90 Å². The Bertz CT molecular complexity index is 394. The van der Waals surface area contributed by atoms with E-state index in [9.17, 15) is 13.2 Å². The van der Waals surface area contributed by atoms with Gasteiger partial charge < -0.3 is 10.6 Å². The summed E-state index contributed by atoms with van der Waals surface area (Å²) >= 11 is 0. The van der Waals surface area contributed by atoms with Crippen molar-refractivity contribution < 1.29 is 13.2 Å². The molecule has 18 heavy (non-hydrogen) atoms. The summed E-state index contributed by atoms with van der Waals surface area (Å²) < 4.78 is 22.2. The molecule has 6 heteroatoms. The van der Waals surface area contributed by atoms with Crippen molar-refractivity contribution in [2.45, 2.75) is 57.7 Å². The van der Waals surface area contributed by atoms with E-state index < -0.39 is 15.9 Å². The topological polar surface area (TPSA) is 80.5 Å². The van der Waals surface area contributed by atoms with Crippen LogP contribution < -0.4 is 5.73 Å². The molecule has 0 saturated carbocycles. The first kappa shape index (κ1) is 15.4. The number of rotatable bonds is 5. The molecule has 3 atom stereocenters. The van der Waals surface area contributed by atoms with Crippen LogP contribution in [0.15, 0.2) is 0 Å². The Hall–Kier alpha value is -0.620. The largest absolute Gasteiger partial charge is 0.336 e. The molecular weight excluding hydrogens is 252 g/mol. The third-order valence-electron chi connectivity index (χ3n) is 3.63. The molecule has 0 aromatic rings. The van der Waals surface area contributed by atoms with Crippen LogP contribution in [0.2, 0.25) is 0 Å². The van der Waals surface area contributed by atoms with Crippen LogP contribution in [0.4, 0.5) is 0 Å². The van der Waals surface area contributed by atoms with Crippen molar-refractivity contribution in [3.8, 4) is 0 Å².